The van der Waals surface area contributed by atoms with Crippen molar-refractivity contribution in [3.8, 4) is 11.4 Å². The summed E-state index contributed by atoms with van der Waals surface area (Å²) in [5, 5.41) is 10.7. The van der Waals surface area contributed by atoms with E-state index in [4.69, 9.17) is 0 Å². The van der Waals surface area contributed by atoms with Crippen LogP contribution in [0.2, 0.25) is 0 Å². The largest absolute Gasteiger partial charge is 0.506 e. The maximum Gasteiger partial charge on any atom is 0.152 e. The number of carbonyl (C=O) groups is 1. The van der Waals surface area contributed by atoms with E-state index < -0.39 is 0 Å². The lowest BCUT2D eigenvalue weighted by Gasteiger charge is -2.07. The number of hydrogen-bond acceptors (Lipinski definition) is 2. The van der Waals surface area contributed by atoms with Gasteiger partial charge in [-0.1, -0.05) is 24.3 Å². The van der Waals surface area contributed by atoms with Crippen molar-refractivity contribution < 1.29 is 9.90 Å². The Hall–Kier alpha value is -2.55. The average molecular weight is 237 g/mol. The second kappa shape index (κ2) is 4.04. The van der Waals surface area contributed by atoms with Crippen LogP contribution in [0.1, 0.15) is 10.4 Å². The molecule has 0 aliphatic carbocycles. The molecule has 0 aliphatic heterocycles. The van der Waals surface area contributed by atoms with Crippen molar-refractivity contribution in [1.29, 1.82) is 0 Å². The predicted octanol–water partition coefficient (Wildman–Crippen LogP) is 3.15. The van der Waals surface area contributed by atoms with E-state index in [9.17, 15) is 9.90 Å². The van der Waals surface area contributed by atoms with Crippen molar-refractivity contribution in [3.05, 3.63) is 60.3 Å². The third-order valence-corrected chi connectivity index (χ3v) is 3.01. The van der Waals surface area contributed by atoms with Gasteiger partial charge in [0.05, 0.1) is 17.4 Å². The standard InChI is InChI=1S/C15H11NO2/c17-10-11-5-1-3-7-13(11)16-9-15(18)12-6-2-4-8-14(12)16/h1-10,18H. The van der Waals surface area contributed by atoms with Gasteiger partial charge in [0, 0.05) is 10.9 Å². The van der Waals surface area contributed by atoms with Gasteiger partial charge < -0.3 is 9.67 Å². The topological polar surface area (TPSA) is 42.2 Å². The third kappa shape index (κ3) is 1.49. The molecule has 3 aromatic rings. The molecule has 0 aliphatic rings. The highest BCUT2D eigenvalue weighted by Crippen LogP contribution is 2.30. The number of hydrogen-bond donors (Lipinski definition) is 1. The van der Waals surface area contributed by atoms with Crippen LogP contribution in [0, 0.1) is 0 Å². The fourth-order valence-corrected chi connectivity index (χ4v) is 2.17. The maximum absolute atomic E-state index is 11.1. The first-order valence-corrected chi connectivity index (χ1v) is 5.65. The van der Waals surface area contributed by atoms with Crippen molar-refractivity contribution in [2.75, 3.05) is 0 Å². The minimum absolute atomic E-state index is 0.214. The summed E-state index contributed by atoms with van der Waals surface area (Å²) in [6.45, 7) is 0. The second-order valence-electron chi connectivity index (χ2n) is 4.08. The van der Waals surface area contributed by atoms with Crippen LogP contribution in [0.25, 0.3) is 16.6 Å². The molecule has 0 bridgehead atoms. The number of aldehydes is 1. The highest BCUT2D eigenvalue weighted by atomic mass is 16.3. The summed E-state index contributed by atoms with van der Waals surface area (Å²) < 4.78 is 1.83. The van der Waals surface area contributed by atoms with E-state index in [1.54, 1.807) is 12.3 Å². The van der Waals surface area contributed by atoms with Crippen molar-refractivity contribution in [3.63, 3.8) is 0 Å². The van der Waals surface area contributed by atoms with Crippen LogP contribution in [0.3, 0.4) is 0 Å². The van der Waals surface area contributed by atoms with Crippen LogP contribution < -0.4 is 0 Å². The van der Waals surface area contributed by atoms with Gasteiger partial charge in [-0.25, -0.2) is 0 Å². The first kappa shape index (κ1) is 10.6. The lowest BCUT2D eigenvalue weighted by atomic mass is 10.2. The smallest absolute Gasteiger partial charge is 0.152 e. The lowest BCUT2D eigenvalue weighted by molar-refractivity contribution is 0.112. The van der Waals surface area contributed by atoms with Crippen LogP contribution in [-0.4, -0.2) is 16.0 Å². The SMILES string of the molecule is O=Cc1ccccc1-n1cc(O)c2ccccc21. The Labute approximate surface area is 104 Å². The average Bonchev–Trinajstić information content (AvgIpc) is 2.77. The fraction of sp³-hybridized carbons (Fsp3) is 0. The van der Waals surface area contributed by atoms with Gasteiger partial charge >= 0.3 is 0 Å². The molecule has 1 heterocycles. The summed E-state index contributed by atoms with van der Waals surface area (Å²) >= 11 is 0. The molecule has 0 radical (unpaired) electrons. The van der Waals surface area contributed by atoms with Crippen LogP contribution >= 0.6 is 0 Å². The molecule has 3 nitrogen and oxygen atoms in total. The molecule has 0 atom stereocenters. The van der Waals surface area contributed by atoms with Gasteiger partial charge in [0.25, 0.3) is 0 Å². The number of nitrogens with zero attached hydrogens (tertiary/aromatic N) is 1. The Morgan fingerprint density at radius 2 is 1.72 bits per heavy atom. The molecule has 18 heavy (non-hydrogen) atoms. The normalized spacial score (nSPS) is 10.7. The first-order valence-electron chi connectivity index (χ1n) is 5.65. The van der Waals surface area contributed by atoms with E-state index in [0.29, 0.717) is 5.56 Å². The van der Waals surface area contributed by atoms with E-state index >= 15 is 0 Å². The Bertz CT molecular complexity index is 728. The van der Waals surface area contributed by atoms with Gasteiger partial charge in [0.1, 0.15) is 5.75 Å². The maximum atomic E-state index is 11.1. The van der Waals surface area contributed by atoms with Gasteiger partial charge in [0.2, 0.25) is 0 Å². The predicted molar refractivity (Wildman–Crippen MR) is 70.3 cm³/mol. The molecule has 3 heteroatoms. The number of aromatic nitrogens is 1. The van der Waals surface area contributed by atoms with E-state index in [0.717, 1.165) is 22.9 Å². The molecule has 0 saturated carbocycles. The molecule has 0 saturated heterocycles. The van der Waals surface area contributed by atoms with Crippen molar-refractivity contribution >= 4 is 17.2 Å². The molecule has 0 spiro atoms. The minimum atomic E-state index is 0.214. The summed E-state index contributed by atoms with van der Waals surface area (Å²) in [6.07, 6.45) is 2.45. The molecular weight excluding hydrogens is 226 g/mol. The molecule has 0 fully saturated rings. The van der Waals surface area contributed by atoms with Gasteiger partial charge in [-0.05, 0) is 24.3 Å². The monoisotopic (exact) mass is 237 g/mol. The quantitative estimate of drug-likeness (QED) is 0.696. The first-order chi connectivity index (χ1) is 8.81. The summed E-state index contributed by atoms with van der Waals surface area (Å²) in [7, 11) is 0. The Balaban J connectivity index is 2.35. The molecule has 1 aromatic heterocycles. The highest BCUT2D eigenvalue weighted by molar-refractivity contribution is 5.90. The number of fused-ring (bicyclic) bond motifs is 1. The fourth-order valence-electron chi connectivity index (χ4n) is 2.17. The lowest BCUT2D eigenvalue weighted by Crippen LogP contribution is -1.96. The van der Waals surface area contributed by atoms with Crippen molar-refractivity contribution in [2.24, 2.45) is 0 Å². The van der Waals surface area contributed by atoms with Gasteiger partial charge in [0.15, 0.2) is 6.29 Å². The minimum Gasteiger partial charge on any atom is -0.506 e. The highest BCUT2D eigenvalue weighted by Gasteiger charge is 2.10. The van der Waals surface area contributed by atoms with Crippen molar-refractivity contribution in [1.82, 2.24) is 4.57 Å². The zero-order valence-corrected chi connectivity index (χ0v) is 9.58. The van der Waals surface area contributed by atoms with Crippen LogP contribution in [0.4, 0.5) is 0 Å². The number of carbonyl (C=O) groups excluding carboxylic acids is 1. The zero-order chi connectivity index (χ0) is 12.5. The summed E-state index contributed by atoms with van der Waals surface area (Å²) in [5.74, 6) is 0.214. The molecule has 88 valence electrons. The Morgan fingerprint density at radius 3 is 2.56 bits per heavy atom. The number of aromatic hydroxyl groups is 1. The number of rotatable bonds is 2. The van der Waals surface area contributed by atoms with Gasteiger partial charge in [-0.3, -0.25) is 4.79 Å². The molecule has 0 unspecified atom stereocenters. The summed E-state index contributed by atoms with van der Waals surface area (Å²) in [6, 6.07) is 14.8. The number of benzene rings is 2. The summed E-state index contributed by atoms with van der Waals surface area (Å²) in [5.41, 5.74) is 2.24. The van der Waals surface area contributed by atoms with E-state index in [1.165, 1.54) is 0 Å². The third-order valence-electron chi connectivity index (χ3n) is 3.01. The van der Waals surface area contributed by atoms with Crippen LogP contribution in [0.5, 0.6) is 5.75 Å². The Kier molecular flexibility index (Phi) is 2.38. The van der Waals surface area contributed by atoms with Crippen LogP contribution in [0.15, 0.2) is 54.7 Å². The van der Waals surface area contributed by atoms with Crippen LogP contribution in [-0.2, 0) is 0 Å². The van der Waals surface area contributed by atoms with E-state index in [2.05, 4.69) is 0 Å². The molecule has 2 aromatic carbocycles. The van der Waals surface area contributed by atoms with Crippen molar-refractivity contribution in [2.45, 2.75) is 0 Å². The van der Waals surface area contributed by atoms with E-state index in [1.807, 2.05) is 47.0 Å². The second-order valence-corrected chi connectivity index (χ2v) is 4.08. The zero-order valence-electron chi connectivity index (χ0n) is 9.58. The van der Waals surface area contributed by atoms with E-state index in [-0.39, 0.29) is 5.75 Å². The number of para-hydroxylation sites is 2. The van der Waals surface area contributed by atoms with Gasteiger partial charge in [-0.15, -0.1) is 0 Å². The summed E-state index contributed by atoms with van der Waals surface area (Å²) in [4.78, 5) is 11.1. The molecule has 3 rings (SSSR count). The van der Waals surface area contributed by atoms with Gasteiger partial charge in [-0.2, -0.15) is 0 Å². The molecule has 1 N–H and O–H groups in total. The molecule has 0 amide bonds. The Morgan fingerprint density at radius 1 is 1.00 bits per heavy atom. The molecular formula is C15H11NO2.